The van der Waals surface area contributed by atoms with Crippen LogP contribution < -0.4 is 5.32 Å². The number of anilines is 1. The first-order chi connectivity index (χ1) is 8.33. The minimum atomic E-state index is 0.884. The molecule has 1 N–H and O–H groups in total. The van der Waals surface area contributed by atoms with E-state index in [9.17, 15) is 0 Å². The summed E-state index contributed by atoms with van der Waals surface area (Å²) in [7, 11) is 0. The van der Waals surface area contributed by atoms with Gasteiger partial charge in [0.2, 0.25) is 0 Å². The molecule has 1 heterocycles. The van der Waals surface area contributed by atoms with Gasteiger partial charge in [-0.15, -0.1) is 11.3 Å². The van der Waals surface area contributed by atoms with Crippen molar-refractivity contribution in [1.29, 1.82) is 0 Å². The van der Waals surface area contributed by atoms with E-state index in [1.165, 1.54) is 41.0 Å². The van der Waals surface area contributed by atoms with Crippen molar-refractivity contribution < 1.29 is 0 Å². The van der Waals surface area contributed by atoms with Crippen molar-refractivity contribution in [1.82, 2.24) is 4.98 Å². The van der Waals surface area contributed by atoms with Gasteiger partial charge in [-0.1, -0.05) is 6.07 Å². The number of hydrogen-bond acceptors (Lipinski definition) is 3. The maximum atomic E-state index is 4.27. The number of benzene rings is 1. The normalized spacial score (nSPS) is 13.7. The van der Waals surface area contributed by atoms with Crippen LogP contribution >= 0.6 is 11.3 Å². The number of nitrogens with zero attached hydrogens (tertiary/aromatic N) is 1. The summed E-state index contributed by atoms with van der Waals surface area (Å²) in [6, 6.07) is 6.77. The Morgan fingerprint density at radius 2 is 2.18 bits per heavy atom. The lowest BCUT2D eigenvalue weighted by Gasteiger charge is -2.07. The summed E-state index contributed by atoms with van der Waals surface area (Å²) >= 11 is 1.72. The zero-order chi connectivity index (χ0) is 11.7. The molecule has 1 aliphatic carbocycles. The van der Waals surface area contributed by atoms with Crippen LogP contribution in [-0.4, -0.2) is 4.98 Å². The van der Waals surface area contributed by atoms with Crippen molar-refractivity contribution >= 4 is 17.0 Å². The van der Waals surface area contributed by atoms with Crippen molar-refractivity contribution in [2.24, 2.45) is 0 Å². The molecule has 3 rings (SSSR count). The zero-order valence-electron chi connectivity index (χ0n) is 9.99. The Balaban J connectivity index is 1.72. The average molecular weight is 244 g/mol. The highest BCUT2D eigenvalue weighted by molar-refractivity contribution is 7.09. The van der Waals surface area contributed by atoms with E-state index in [-0.39, 0.29) is 0 Å². The van der Waals surface area contributed by atoms with Crippen LogP contribution in [0.4, 0.5) is 5.69 Å². The van der Waals surface area contributed by atoms with Gasteiger partial charge in [0, 0.05) is 10.6 Å². The maximum Gasteiger partial charge on any atom is 0.0798 e. The summed E-state index contributed by atoms with van der Waals surface area (Å²) in [6.07, 6.45) is 3.81. The summed E-state index contributed by atoms with van der Waals surface area (Å²) in [5.74, 6) is 0. The third-order valence-electron chi connectivity index (χ3n) is 3.40. The second kappa shape index (κ2) is 4.49. The third-order valence-corrected chi connectivity index (χ3v) is 4.33. The van der Waals surface area contributed by atoms with Crippen molar-refractivity contribution in [2.45, 2.75) is 32.7 Å². The Morgan fingerprint density at radius 3 is 3.00 bits per heavy atom. The van der Waals surface area contributed by atoms with Gasteiger partial charge < -0.3 is 5.32 Å². The van der Waals surface area contributed by atoms with Crippen LogP contribution in [0, 0.1) is 6.92 Å². The van der Waals surface area contributed by atoms with Crippen LogP contribution in [0.2, 0.25) is 0 Å². The Bertz CT molecular complexity index is 531. The van der Waals surface area contributed by atoms with E-state index in [1.54, 1.807) is 11.3 Å². The smallest absolute Gasteiger partial charge is 0.0798 e. The first-order valence-corrected chi connectivity index (χ1v) is 6.95. The molecule has 0 bridgehead atoms. The summed E-state index contributed by atoms with van der Waals surface area (Å²) in [6.45, 7) is 2.95. The SMILES string of the molecule is Cc1ncsc1CNc1ccc2c(c1)CCC2. The van der Waals surface area contributed by atoms with Gasteiger partial charge in [0.05, 0.1) is 17.7 Å². The monoisotopic (exact) mass is 244 g/mol. The van der Waals surface area contributed by atoms with Crippen LogP contribution in [0.25, 0.3) is 0 Å². The number of aryl methyl sites for hydroxylation is 3. The van der Waals surface area contributed by atoms with E-state index < -0.39 is 0 Å². The number of nitrogens with one attached hydrogen (secondary N) is 1. The molecular formula is C14H16N2S. The Kier molecular flexibility index (Phi) is 2.85. The van der Waals surface area contributed by atoms with E-state index in [0.717, 1.165) is 12.2 Å². The second-order valence-corrected chi connectivity index (χ2v) is 5.49. The molecule has 0 amide bonds. The number of thiazole rings is 1. The highest BCUT2D eigenvalue weighted by Gasteiger charge is 2.10. The molecule has 1 aromatic carbocycles. The topological polar surface area (TPSA) is 24.9 Å². The first kappa shape index (κ1) is 10.8. The second-order valence-electron chi connectivity index (χ2n) is 4.55. The molecule has 0 aliphatic heterocycles. The molecule has 0 atom stereocenters. The van der Waals surface area contributed by atoms with Crippen molar-refractivity contribution in [3.63, 3.8) is 0 Å². The Hall–Kier alpha value is -1.35. The summed E-state index contributed by atoms with van der Waals surface area (Å²) in [4.78, 5) is 5.59. The maximum absolute atomic E-state index is 4.27. The van der Waals surface area contributed by atoms with Crippen LogP contribution in [0.5, 0.6) is 0 Å². The van der Waals surface area contributed by atoms with Gasteiger partial charge >= 0.3 is 0 Å². The quantitative estimate of drug-likeness (QED) is 0.893. The molecule has 0 spiro atoms. The number of hydrogen-bond donors (Lipinski definition) is 1. The van der Waals surface area contributed by atoms with E-state index in [2.05, 4.69) is 35.4 Å². The largest absolute Gasteiger partial charge is 0.380 e. The molecular weight excluding hydrogens is 228 g/mol. The molecule has 2 aromatic rings. The fourth-order valence-electron chi connectivity index (χ4n) is 2.36. The minimum Gasteiger partial charge on any atom is -0.380 e. The minimum absolute atomic E-state index is 0.884. The van der Waals surface area contributed by atoms with E-state index in [0.29, 0.717) is 0 Å². The summed E-state index contributed by atoms with van der Waals surface area (Å²) in [5.41, 5.74) is 7.34. The first-order valence-electron chi connectivity index (χ1n) is 6.07. The number of rotatable bonds is 3. The van der Waals surface area contributed by atoms with Crippen LogP contribution in [0.1, 0.15) is 28.1 Å². The highest BCUT2D eigenvalue weighted by atomic mass is 32.1. The lowest BCUT2D eigenvalue weighted by atomic mass is 10.1. The molecule has 0 radical (unpaired) electrons. The standard InChI is InChI=1S/C14H16N2S/c1-10-14(17-9-16-10)8-15-13-6-5-11-3-2-4-12(11)7-13/h5-7,9,15H,2-4,8H2,1H3. The molecule has 0 saturated heterocycles. The fourth-order valence-corrected chi connectivity index (χ4v) is 3.08. The van der Waals surface area contributed by atoms with E-state index in [4.69, 9.17) is 0 Å². The summed E-state index contributed by atoms with van der Waals surface area (Å²) < 4.78 is 0. The molecule has 1 aliphatic rings. The average Bonchev–Trinajstić information content (AvgIpc) is 2.94. The molecule has 3 heteroatoms. The summed E-state index contributed by atoms with van der Waals surface area (Å²) in [5, 5.41) is 3.49. The molecule has 0 unspecified atom stereocenters. The van der Waals surface area contributed by atoms with Crippen LogP contribution in [0.15, 0.2) is 23.7 Å². The van der Waals surface area contributed by atoms with Gasteiger partial charge in [-0.05, 0) is 49.4 Å². The predicted octanol–water partition coefficient (Wildman–Crippen LogP) is 3.55. The van der Waals surface area contributed by atoms with Crippen LogP contribution in [-0.2, 0) is 19.4 Å². The van der Waals surface area contributed by atoms with Crippen molar-refractivity contribution in [3.8, 4) is 0 Å². The van der Waals surface area contributed by atoms with Gasteiger partial charge in [-0.2, -0.15) is 0 Å². The van der Waals surface area contributed by atoms with Gasteiger partial charge in [-0.3, -0.25) is 0 Å². The Morgan fingerprint density at radius 1 is 1.29 bits per heavy atom. The van der Waals surface area contributed by atoms with E-state index in [1.807, 2.05) is 5.51 Å². The van der Waals surface area contributed by atoms with Gasteiger partial charge in [0.25, 0.3) is 0 Å². The molecule has 0 fully saturated rings. The number of fused-ring (bicyclic) bond motifs is 1. The van der Waals surface area contributed by atoms with Gasteiger partial charge in [0.15, 0.2) is 0 Å². The lowest BCUT2D eigenvalue weighted by molar-refractivity contribution is 0.912. The molecule has 88 valence electrons. The molecule has 17 heavy (non-hydrogen) atoms. The predicted molar refractivity (Wildman–Crippen MR) is 72.6 cm³/mol. The van der Waals surface area contributed by atoms with Crippen LogP contribution in [0.3, 0.4) is 0 Å². The van der Waals surface area contributed by atoms with Gasteiger partial charge in [-0.25, -0.2) is 4.98 Å². The van der Waals surface area contributed by atoms with Gasteiger partial charge in [0.1, 0.15) is 0 Å². The number of aromatic nitrogens is 1. The van der Waals surface area contributed by atoms with Crippen molar-refractivity contribution in [3.05, 3.63) is 45.4 Å². The Labute approximate surface area is 106 Å². The fraction of sp³-hybridized carbons (Fsp3) is 0.357. The molecule has 2 nitrogen and oxygen atoms in total. The highest BCUT2D eigenvalue weighted by Crippen LogP contribution is 2.25. The third kappa shape index (κ3) is 2.20. The zero-order valence-corrected chi connectivity index (χ0v) is 10.8. The van der Waals surface area contributed by atoms with Crippen molar-refractivity contribution in [2.75, 3.05) is 5.32 Å². The lowest BCUT2D eigenvalue weighted by Crippen LogP contribution is -1.99. The van der Waals surface area contributed by atoms with E-state index >= 15 is 0 Å². The molecule has 1 aromatic heterocycles. The molecule has 0 saturated carbocycles.